The van der Waals surface area contributed by atoms with Crippen LogP contribution in [0.3, 0.4) is 0 Å². The van der Waals surface area contributed by atoms with Crippen LogP contribution < -0.4 is 5.73 Å². The minimum absolute atomic E-state index is 0.157. The third-order valence-corrected chi connectivity index (χ3v) is 3.60. The zero-order valence-electron chi connectivity index (χ0n) is 9.75. The number of halogens is 3. The summed E-state index contributed by atoms with van der Waals surface area (Å²) in [6, 6.07) is 9.61. The standard InChI is InChI=1S/C14H12BrF2N/c1-8-6-7-10(13(17)12(8)16)14(18)9-4-2-3-5-11(9)15/h2-7,14H,18H2,1H3. The van der Waals surface area contributed by atoms with E-state index in [1.165, 1.54) is 19.1 Å². The van der Waals surface area contributed by atoms with Gasteiger partial charge in [0.1, 0.15) is 0 Å². The zero-order valence-corrected chi connectivity index (χ0v) is 11.3. The first-order valence-corrected chi connectivity index (χ1v) is 6.26. The third-order valence-electron chi connectivity index (χ3n) is 2.88. The van der Waals surface area contributed by atoms with Crippen LogP contribution in [0.5, 0.6) is 0 Å². The normalized spacial score (nSPS) is 12.5. The lowest BCUT2D eigenvalue weighted by molar-refractivity contribution is 0.489. The molecule has 0 amide bonds. The summed E-state index contributed by atoms with van der Waals surface area (Å²) in [5.74, 6) is -1.71. The van der Waals surface area contributed by atoms with E-state index in [0.29, 0.717) is 0 Å². The molecule has 0 bridgehead atoms. The molecule has 1 nitrogen and oxygen atoms in total. The average molecular weight is 312 g/mol. The van der Waals surface area contributed by atoms with Gasteiger partial charge in [0, 0.05) is 10.0 Å². The molecule has 0 aliphatic rings. The monoisotopic (exact) mass is 311 g/mol. The maximum atomic E-state index is 13.9. The Morgan fingerprint density at radius 3 is 2.33 bits per heavy atom. The van der Waals surface area contributed by atoms with Gasteiger partial charge in [0.2, 0.25) is 0 Å². The number of rotatable bonds is 2. The molecule has 94 valence electrons. The van der Waals surface area contributed by atoms with Crippen LogP contribution in [-0.2, 0) is 0 Å². The molecule has 0 heterocycles. The van der Waals surface area contributed by atoms with Crippen LogP contribution in [0.2, 0.25) is 0 Å². The van der Waals surface area contributed by atoms with E-state index in [-0.39, 0.29) is 11.1 Å². The van der Waals surface area contributed by atoms with Gasteiger partial charge in [0.15, 0.2) is 11.6 Å². The molecule has 0 radical (unpaired) electrons. The van der Waals surface area contributed by atoms with Crippen LogP contribution in [-0.4, -0.2) is 0 Å². The van der Waals surface area contributed by atoms with Crippen molar-refractivity contribution in [3.05, 3.63) is 69.2 Å². The molecule has 0 aromatic heterocycles. The van der Waals surface area contributed by atoms with Crippen molar-refractivity contribution in [1.82, 2.24) is 0 Å². The van der Waals surface area contributed by atoms with Gasteiger partial charge < -0.3 is 5.73 Å². The molecule has 0 spiro atoms. The molecule has 2 N–H and O–H groups in total. The van der Waals surface area contributed by atoms with Gasteiger partial charge in [-0.3, -0.25) is 0 Å². The molecule has 1 unspecified atom stereocenters. The predicted molar refractivity (Wildman–Crippen MR) is 71.3 cm³/mol. The summed E-state index contributed by atoms with van der Waals surface area (Å²) in [6.45, 7) is 1.52. The summed E-state index contributed by atoms with van der Waals surface area (Å²) >= 11 is 3.36. The topological polar surface area (TPSA) is 26.0 Å². The lowest BCUT2D eigenvalue weighted by Crippen LogP contribution is -2.15. The van der Waals surface area contributed by atoms with Gasteiger partial charge in [-0.2, -0.15) is 0 Å². The van der Waals surface area contributed by atoms with E-state index in [9.17, 15) is 8.78 Å². The second-order valence-electron chi connectivity index (χ2n) is 4.10. The predicted octanol–water partition coefficient (Wildman–Crippen LogP) is 4.08. The summed E-state index contributed by atoms with van der Waals surface area (Å²) in [6.07, 6.45) is 0. The van der Waals surface area contributed by atoms with Crippen molar-refractivity contribution in [2.75, 3.05) is 0 Å². The van der Waals surface area contributed by atoms with E-state index in [1.54, 1.807) is 6.07 Å². The van der Waals surface area contributed by atoms with Crippen LogP contribution in [0.1, 0.15) is 22.7 Å². The molecule has 0 aliphatic carbocycles. The Bertz CT molecular complexity index is 584. The van der Waals surface area contributed by atoms with Gasteiger partial charge >= 0.3 is 0 Å². The highest BCUT2D eigenvalue weighted by atomic mass is 79.9. The summed E-state index contributed by atoms with van der Waals surface area (Å²) in [5, 5.41) is 0. The smallest absolute Gasteiger partial charge is 0.164 e. The van der Waals surface area contributed by atoms with E-state index in [1.807, 2.05) is 18.2 Å². The number of hydrogen-bond donors (Lipinski definition) is 1. The molecule has 2 aromatic rings. The number of benzene rings is 2. The van der Waals surface area contributed by atoms with Gasteiger partial charge in [-0.1, -0.05) is 46.3 Å². The molecule has 4 heteroatoms. The molecular weight excluding hydrogens is 300 g/mol. The van der Waals surface area contributed by atoms with Crippen LogP contribution in [0.25, 0.3) is 0 Å². The van der Waals surface area contributed by atoms with Crippen LogP contribution >= 0.6 is 15.9 Å². The molecule has 2 aromatic carbocycles. The highest BCUT2D eigenvalue weighted by molar-refractivity contribution is 9.10. The Morgan fingerprint density at radius 2 is 1.67 bits per heavy atom. The fourth-order valence-electron chi connectivity index (χ4n) is 1.80. The second-order valence-corrected chi connectivity index (χ2v) is 4.95. The fraction of sp³-hybridized carbons (Fsp3) is 0.143. The SMILES string of the molecule is Cc1ccc(C(N)c2ccccc2Br)c(F)c1F. The number of nitrogens with two attached hydrogens (primary N) is 1. The van der Waals surface area contributed by atoms with Gasteiger partial charge in [0.25, 0.3) is 0 Å². The first-order valence-electron chi connectivity index (χ1n) is 5.47. The molecule has 0 saturated carbocycles. The molecular formula is C14H12BrF2N. The van der Waals surface area contributed by atoms with Crippen molar-refractivity contribution in [1.29, 1.82) is 0 Å². The molecule has 0 fully saturated rings. The lowest BCUT2D eigenvalue weighted by atomic mass is 9.98. The minimum Gasteiger partial charge on any atom is -0.320 e. The Balaban J connectivity index is 2.50. The Kier molecular flexibility index (Phi) is 3.78. The Hall–Kier alpha value is -1.26. The average Bonchev–Trinajstić information content (AvgIpc) is 2.36. The fourth-order valence-corrected chi connectivity index (χ4v) is 2.33. The van der Waals surface area contributed by atoms with E-state index >= 15 is 0 Å². The van der Waals surface area contributed by atoms with E-state index < -0.39 is 17.7 Å². The quantitative estimate of drug-likeness (QED) is 0.888. The highest BCUT2D eigenvalue weighted by Gasteiger charge is 2.19. The number of aryl methyl sites for hydroxylation is 1. The highest BCUT2D eigenvalue weighted by Crippen LogP contribution is 2.29. The minimum atomic E-state index is -0.877. The first kappa shape index (κ1) is 13.2. The van der Waals surface area contributed by atoms with E-state index in [2.05, 4.69) is 15.9 Å². The first-order chi connectivity index (χ1) is 8.52. The molecule has 18 heavy (non-hydrogen) atoms. The van der Waals surface area contributed by atoms with Gasteiger partial charge in [-0.05, 0) is 24.1 Å². The summed E-state index contributed by atoms with van der Waals surface area (Å²) in [7, 11) is 0. The van der Waals surface area contributed by atoms with Gasteiger partial charge in [-0.25, -0.2) is 8.78 Å². The van der Waals surface area contributed by atoms with Crippen LogP contribution in [0.4, 0.5) is 8.78 Å². The van der Waals surface area contributed by atoms with Crippen molar-refractivity contribution < 1.29 is 8.78 Å². The summed E-state index contributed by atoms with van der Waals surface area (Å²) in [4.78, 5) is 0. The maximum Gasteiger partial charge on any atom is 0.164 e. The van der Waals surface area contributed by atoms with E-state index in [0.717, 1.165) is 10.0 Å². The van der Waals surface area contributed by atoms with Crippen molar-refractivity contribution in [2.24, 2.45) is 5.73 Å². The molecule has 0 saturated heterocycles. The van der Waals surface area contributed by atoms with Crippen molar-refractivity contribution in [3.8, 4) is 0 Å². The largest absolute Gasteiger partial charge is 0.320 e. The second kappa shape index (κ2) is 5.16. The molecule has 0 aliphatic heterocycles. The molecule has 2 rings (SSSR count). The van der Waals surface area contributed by atoms with Gasteiger partial charge in [0.05, 0.1) is 6.04 Å². The van der Waals surface area contributed by atoms with Crippen LogP contribution in [0, 0.1) is 18.6 Å². The van der Waals surface area contributed by atoms with Crippen molar-refractivity contribution in [3.63, 3.8) is 0 Å². The zero-order chi connectivity index (χ0) is 13.3. The van der Waals surface area contributed by atoms with Crippen molar-refractivity contribution >= 4 is 15.9 Å². The van der Waals surface area contributed by atoms with Crippen LogP contribution in [0.15, 0.2) is 40.9 Å². The third kappa shape index (κ3) is 2.31. The van der Waals surface area contributed by atoms with Crippen molar-refractivity contribution in [2.45, 2.75) is 13.0 Å². The summed E-state index contributed by atoms with van der Waals surface area (Å²) < 4.78 is 28.2. The number of hydrogen-bond acceptors (Lipinski definition) is 1. The van der Waals surface area contributed by atoms with E-state index in [4.69, 9.17) is 5.73 Å². The lowest BCUT2D eigenvalue weighted by Gasteiger charge is -2.16. The maximum absolute atomic E-state index is 13.9. The van der Waals surface area contributed by atoms with Gasteiger partial charge in [-0.15, -0.1) is 0 Å². The Labute approximate surface area is 113 Å². The molecule has 1 atom stereocenters. The Morgan fingerprint density at radius 1 is 1.00 bits per heavy atom. The summed E-state index contributed by atoms with van der Waals surface area (Å²) in [5.41, 5.74) is 7.15.